The van der Waals surface area contributed by atoms with Crippen molar-refractivity contribution in [2.45, 2.75) is 12.5 Å². The number of rotatable bonds is 1. The molecule has 0 fully saturated rings. The molecule has 16 heavy (non-hydrogen) atoms. The Morgan fingerprint density at radius 2 is 2.38 bits per heavy atom. The fourth-order valence-electron chi connectivity index (χ4n) is 1.72. The number of nitrogens with zero attached hydrogens (tertiary/aromatic N) is 1. The molecule has 1 aliphatic heterocycles. The second kappa shape index (κ2) is 4.14. The molecule has 2 atom stereocenters. The molecule has 0 amide bonds. The predicted octanol–water partition coefficient (Wildman–Crippen LogP) is 1.98. The van der Waals surface area contributed by atoms with E-state index < -0.39 is 18.0 Å². The van der Waals surface area contributed by atoms with Gasteiger partial charge in [0.1, 0.15) is 5.75 Å². The van der Waals surface area contributed by atoms with Gasteiger partial charge in [-0.05, 0) is 30.2 Å². The number of fused-ring (bicyclic) bond motifs is 1. The van der Waals surface area contributed by atoms with Gasteiger partial charge in [0.05, 0.1) is 12.0 Å². The van der Waals surface area contributed by atoms with Crippen molar-refractivity contribution in [3.8, 4) is 11.8 Å². The highest BCUT2D eigenvalue weighted by atomic mass is 79.9. The number of aliphatic carboxylic acids is 1. The van der Waals surface area contributed by atoms with Crippen molar-refractivity contribution < 1.29 is 14.6 Å². The molecule has 0 spiro atoms. The van der Waals surface area contributed by atoms with Crippen LogP contribution in [0.3, 0.4) is 0 Å². The minimum atomic E-state index is -1.10. The first-order valence-corrected chi connectivity index (χ1v) is 5.48. The van der Waals surface area contributed by atoms with Crippen LogP contribution in [0.2, 0.25) is 0 Å². The largest absolute Gasteiger partial charge is 0.478 e. The number of nitriles is 1. The minimum absolute atomic E-state index is 0.405. The second-order valence-corrected chi connectivity index (χ2v) is 4.48. The smallest absolute Gasteiger partial charge is 0.346 e. The molecule has 0 aliphatic carbocycles. The molecule has 4 nitrogen and oxygen atoms in total. The molecule has 2 rings (SSSR count). The minimum Gasteiger partial charge on any atom is -0.478 e. The van der Waals surface area contributed by atoms with Crippen molar-refractivity contribution in [2.75, 3.05) is 0 Å². The Labute approximate surface area is 101 Å². The van der Waals surface area contributed by atoms with Gasteiger partial charge in [0.15, 0.2) is 0 Å². The fraction of sp³-hybridized carbons (Fsp3) is 0.273. The lowest BCUT2D eigenvalue weighted by molar-refractivity contribution is -0.147. The first-order valence-electron chi connectivity index (χ1n) is 4.69. The van der Waals surface area contributed by atoms with E-state index in [9.17, 15) is 4.79 Å². The molecule has 1 aromatic rings. The Morgan fingerprint density at radius 3 is 3.00 bits per heavy atom. The lowest BCUT2D eigenvalue weighted by Crippen LogP contribution is -2.38. The van der Waals surface area contributed by atoms with Crippen LogP contribution in [0.5, 0.6) is 5.75 Å². The van der Waals surface area contributed by atoms with Gasteiger partial charge in [-0.15, -0.1) is 0 Å². The summed E-state index contributed by atoms with van der Waals surface area (Å²) in [4.78, 5) is 10.9. The molecular weight excluding hydrogens is 274 g/mol. The van der Waals surface area contributed by atoms with E-state index in [2.05, 4.69) is 15.9 Å². The van der Waals surface area contributed by atoms with E-state index in [4.69, 9.17) is 15.1 Å². The maximum Gasteiger partial charge on any atom is 0.346 e. The van der Waals surface area contributed by atoms with Crippen molar-refractivity contribution in [1.29, 1.82) is 5.26 Å². The molecule has 0 saturated carbocycles. The molecule has 82 valence electrons. The average molecular weight is 282 g/mol. The Bertz CT molecular complexity index is 481. The SMILES string of the molecule is N#CC1Cc2cc(Br)ccc2OC1C(=O)O. The number of hydrogen-bond donors (Lipinski definition) is 1. The van der Waals surface area contributed by atoms with Crippen LogP contribution in [0.4, 0.5) is 0 Å². The van der Waals surface area contributed by atoms with E-state index in [1.807, 2.05) is 12.1 Å². The molecule has 1 N–H and O–H groups in total. The van der Waals surface area contributed by atoms with Crippen LogP contribution >= 0.6 is 15.9 Å². The molecule has 0 saturated heterocycles. The van der Waals surface area contributed by atoms with Crippen LogP contribution in [0.1, 0.15) is 5.56 Å². The molecule has 0 aromatic heterocycles. The Hall–Kier alpha value is -1.54. The number of carboxylic acid groups (broad SMARTS) is 1. The van der Waals surface area contributed by atoms with Crippen LogP contribution < -0.4 is 4.74 Å². The highest BCUT2D eigenvalue weighted by Gasteiger charge is 2.35. The van der Waals surface area contributed by atoms with Crippen molar-refractivity contribution in [3.63, 3.8) is 0 Å². The molecule has 0 radical (unpaired) electrons. The highest BCUT2D eigenvalue weighted by Crippen LogP contribution is 2.32. The number of carboxylic acids is 1. The summed E-state index contributed by atoms with van der Waals surface area (Å²) in [5.41, 5.74) is 0.860. The monoisotopic (exact) mass is 281 g/mol. The van der Waals surface area contributed by atoms with E-state index in [0.717, 1.165) is 10.0 Å². The number of hydrogen-bond acceptors (Lipinski definition) is 3. The lowest BCUT2D eigenvalue weighted by atomic mass is 9.92. The number of ether oxygens (including phenoxy) is 1. The predicted molar refractivity (Wildman–Crippen MR) is 59.0 cm³/mol. The lowest BCUT2D eigenvalue weighted by Gasteiger charge is -2.27. The first kappa shape index (κ1) is 11.0. The summed E-state index contributed by atoms with van der Waals surface area (Å²) in [7, 11) is 0. The summed E-state index contributed by atoms with van der Waals surface area (Å²) < 4.78 is 6.20. The van der Waals surface area contributed by atoms with Crippen molar-refractivity contribution >= 4 is 21.9 Å². The summed E-state index contributed by atoms with van der Waals surface area (Å²) in [5.74, 6) is -1.19. The zero-order valence-corrected chi connectivity index (χ0v) is 9.77. The number of carbonyl (C=O) groups is 1. The molecule has 0 bridgehead atoms. The normalized spacial score (nSPS) is 22.8. The second-order valence-electron chi connectivity index (χ2n) is 3.57. The number of benzene rings is 1. The van der Waals surface area contributed by atoms with Crippen LogP contribution in [0.15, 0.2) is 22.7 Å². The summed E-state index contributed by atoms with van der Waals surface area (Å²) in [6.45, 7) is 0. The Balaban J connectivity index is 2.38. The Morgan fingerprint density at radius 1 is 1.62 bits per heavy atom. The van der Waals surface area contributed by atoms with Crippen LogP contribution in [-0.2, 0) is 11.2 Å². The third-order valence-electron chi connectivity index (χ3n) is 2.49. The fourth-order valence-corrected chi connectivity index (χ4v) is 2.13. The number of halogens is 1. The van der Waals surface area contributed by atoms with Crippen LogP contribution in [0.25, 0.3) is 0 Å². The van der Waals surface area contributed by atoms with E-state index in [-0.39, 0.29) is 0 Å². The van der Waals surface area contributed by atoms with Gasteiger partial charge < -0.3 is 9.84 Å². The van der Waals surface area contributed by atoms with Crippen molar-refractivity contribution in [1.82, 2.24) is 0 Å². The quantitative estimate of drug-likeness (QED) is 0.855. The van der Waals surface area contributed by atoms with Gasteiger partial charge in [-0.2, -0.15) is 5.26 Å². The topological polar surface area (TPSA) is 70.3 Å². The zero-order chi connectivity index (χ0) is 11.7. The molecule has 1 aliphatic rings. The third-order valence-corrected chi connectivity index (χ3v) is 2.98. The van der Waals surface area contributed by atoms with Gasteiger partial charge in [-0.25, -0.2) is 4.79 Å². The molecular formula is C11H8BrNO3. The van der Waals surface area contributed by atoms with Crippen LogP contribution in [0, 0.1) is 17.2 Å². The van der Waals surface area contributed by atoms with E-state index in [1.54, 1.807) is 12.1 Å². The standard InChI is InChI=1S/C11H8BrNO3/c12-8-1-2-9-6(4-8)3-7(5-13)10(16-9)11(14)15/h1-2,4,7,10H,3H2,(H,14,15). The van der Waals surface area contributed by atoms with E-state index in [1.165, 1.54) is 0 Å². The maximum absolute atomic E-state index is 10.9. The van der Waals surface area contributed by atoms with E-state index in [0.29, 0.717) is 12.2 Å². The Kier molecular flexibility index (Phi) is 2.84. The first-order chi connectivity index (χ1) is 7.61. The summed E-state index contributed by atoms with van der Waals surface area (Å²) in [5, 5.41) is 17.8. The summed E-state index contributed by atoms with van der Waals surface area (Å²) >= 11 is 3.32. The van der Waals surface area contributed by atoms with Gasteiger partial charge >= 0.3 is 5.97 Å². The third kappa shape index (κ3) is 1.89. The van der Waals surface area contributed by atoms with Gasteiger partial charge in [-0.1, -0.05) is 15.9 Å². The molecule has 2 unspecified atom stereocenters. The molecule has 5 heteroatoms. The van der Waals surface area contributed by atoms with Crippen molar-refractivity contribution in [3.05, 3.63) is 28.2 Å². The van der Waals surface area contributed by atoms with Gasteiger partial charge in [0, 0.05) is 4.47 Å². The maximum atomic E-state index is 10.9. The van der Waals surface area contributed by atoms with Gasteiger partial charge in [-0.3, -0.25) is 0 Å². The van der Waals surface area contributed by atoms with Gasteiger partial charge in [0.25, 0.3) is 0 Å². The van der Waals surface area contributed by atoms with Crippen LogP contribution in [-0.4, -0.2) is 17.2 Å². The summed E-state index contributed by atoms with van der Waals surface area (Å²) in [6.07, 6.45) is -0.666. The molecule has 1 heterocycles. The highest BCUT2D eigenvalue weighted by molar-refractivity contribution is 9.10. The van der Waals surface area contributed by atoms with E-state index >= 15 is 0 Å². The molecule has 1 aromatic carbocycles. The zero-order valence-electron chi connectivity index (χ0n) is 8.18. The van der Waals surface area contributed by atoms with Crippen molar-refractivity contribution in [2.24, 2.45) is 5.92 Å². The van der Waals surface area contributed by atoms with Gasteiger partial charge in [0.2, 0.25) is 6.10 Å². The average Bonchev–Trinajstić information content (AvgIpc) is 2.26. The summed E-state index contributed by atoms with van der Waals surface area (Å²) in [6, 6.07) is 7.31.